The average molecular weight is 302 g/mol. The largest absolute Gasteiger partial charge is 0.437 e. The number of non-ortho nitro benzene ring substituents is 1. The second-order valence-electron chi connectivity index (χ2n) is 4.18. The maximum absolute atomic E-state index is 11.0. The van der Waals surface area contributed by atoms with Crippen molar-refractivity contribution >= 4 is 28.1 Å². The van der Waals surface area contributed by atoms with Gasteiger partial charge in [0.2, 0.25) is 5.88 Å². The minimum absolute atomic E-state index is 0.0279. The SMILES string of the molecule is O=[N+]([O-])c1ccc(Oc2ccc(Cl)nn2)c2ccccc12. The summed E-state index contributed by atoms with van der Waals surface area (Å²) < 4.78 is 5.63. The van der Waals surface area contributed by atoms with Gasteiger partial charge in [-0.1, -0.05) is 29.8 Å². The molecule has 0 saturated heterocycles. The smallest absolute Gasteiger partial charge is 0.277 e. The molecule has 0 bridgehead atoms. The van der Waals surface area contributed by atoms with E-state index in [4.69, 9.17) is 16.3 Å². The molecule has 104 valence electrons. The van der Waals surface area contributed by atoms with Crippen LogP contribution in [0.15, 0.2) is 48.5 Å². The summed E-state index contributed by atoms with van der Waals surface area (Å²) in [5.41, 5.74) is 0.0279. The van der Waals surface area contributed by atoms with E-state index in [9.17, 15) is 10.1 Å². The second kappa shape index (κ2) is 5.34. The number of hydrogen-bond acceptors (Lipinski definition) is 5. The predicted octanol–water partition coefficient (Wildman–Crippen LogP) is 3.98. The van der Waals surface area contributed by atoms with Crippen molar-refractivity contribution in [1.29, 1.82) is 0 Å². The lowest BCUT2D eigenvalue weighted by atomic mass is 10.1. The summed E-state index contributed by atoms with van der Waals surface area (Å²) in [5, 5.41) is 19.9. The van der Waals surface area contributed by atoms with Crippen LogP contribution in [0.25, 0.3) is 10.8 Å². The third kappa shape index (κ3) is 2.61. The summed E-state index contributed by atoms with van der Waals surface area (Å²) in [7, 11) is 0. The topological polar surface area (TPSA) is 78.2 Å². The van der Waals surface area contributed by atoms with Gasteiger partial charge in [-0.2, -0.15) is 0 Å². The van der Waals surface area contributed by atoms with Crippen molar-refractivity contribution in [2.45, 2.75) is 0 Å². The lowest BCUT2D eigenvalue weighted by Crippen LogP contribution is -1.94. The maximum Gasteiger partial charge on any atom is 0.277 e. The van der Waals surface area contributed by atoms with Crippen molar-refractivity contribution in [3.8, 4) is 11.6 Å². The molecule has 1 heterocycles. The molecule has 0 fully saturated rings. The highest BCUT2D eigenvalue weighted by atomic mass is 35.5. The number of rotatable bonds is 3. The summed E-state index contributed by atoms with van der Waals surface area (Å²) in [6.45, 7) is 0. The minimum atomic E-state index is -0.422. The number of nitro groups is 1. The van der Waals surface area contributed by atoms with E-state index in [0.717, 1.165) is 0 Å². The Kier molecular flexibility index (Phi) is 3.37. The van der Waals surface area contributed by atoms with Gasteiger partial charge in [0.05, 0.1) is 10.3 Å². The van der Waals surface area contributed by atoms with Crippen LogP contribution in [0.3, 0.4) is 0 Å². The van der Waals surface area contributed by atoms with Gasteiger partial charge < -0.3 is 4.74 Å². The van der Waals surface area contributed by atoms with E-state index in [2.05, 4.69) is 10.2 Å². The Bertz CT molecular complexity index is 821. The first kappa shape index (κ1) is 13.3. The summed E-state index contributed by atoms with van der Waals surface area (Å²) >= 11 is 5.66. The first-order valence-corrected chi connectivity index (χ1v) is 6.36. The molecule has 0 radical (unpaired) electrons. The van der Waals surface area contributed by atoms with E-state index in [0.29, 0.717) is 16.5 Å². The molecule has 0 amide bonds. The van der Waals surface area contributed by atoms with Crippen LogP contribution in [0, 0.1) is 10.1 Å². The molecule has 7 heteroatoms. The van der Waals surface area contributed by atoms with Gasteiger partial charge in [0.1, 0.15) is 5.75 Å². The van der Waals surface area contributed by atoms with Crippen molar-refractivity contribution in [3.05, 3.63) is 63.8 Å². The number of ether oxygens (including phenoxy) is 1. The van der Waals surface area contributed by atoms with Crippen LogP contribution in [0.1, 0.15) is 0 Å². The van der Waals surface area contributed by atoms with Crippen molar-refractivity contribution in [3.63, 3.8) is 0 Å². The van der Waals surface area contributed by atoms with Crippen LogP contribution in [0.5, 0.6) is 11.6 Å². The van der Waals surface area contributed by atoms with Gasteiger partial charge in [-0.25, -0.2) is 0 Å². The third-order valence-electron chi connectivity index (χ3n) is 2.88. The number of aromatic nitrogens is 2. The molecule has 2 aromatic carbocycles. The summed E-state index contributed by atoms with van der Waals surface area (Å²) in [4.78, 5) is 10.6. The molecule has 6 nitrogen and oxygen atoms in total. The molecule has 0 atom stereocenters. The van der Waals surface area contributed by atoms with Crippen LogP contribution in [-0.2, 0) is 0 Å². The average Bonchev–Trinajstić information content (AvgIpc) is 2.49. The number of benzene rings is 2. The maximum atomic E-state index is 11.0. The number of nitro benzene ring substituents is 1. The van der Waals surface area contributed by atoms with E-state index in [1.807, 2.05) is 0 Å². The Hall–Kier alpha value is -2.73. The highest BCUT2D eigenvalue weighted by Gasteiger charge is 2.15. The molecular formula is C14H8ClN3O3. The zero-order chi connectivity index (χ0) is 14.8. The quantitative estimate of drug-likeness (QED) is 0.540. The number of halogens is 1. The normalized spacial score (nSPS) is 10.5. The fraction of sp³-hybridized carbons (Fsp3) is 0. The van der Waals surface area contributed by atoms with E-state index in [1.165, 1.54) is 12.1 Å². The van der Waals surface area contributed by atoms with Crippen LogP contribution in [-0.4, -0.2) is 15.1 Å². The predicted molar refractivity (Wildman–Crippen MR) is 77.7 cm³/mol. The molecular weight excluding hydrogens is 294 g/mol. The van der Waals surface area contributed by atoms with Gasteiger partial charge in [0.15, 0.2) is 5.15 Å². The van der Waals surface area contributed by atoms with Gasteiger partial charge >= 0.3 is 0 Å². The molecule has 3 rings (SSSR count). The van der Waals surface area contributed by atoms with Crippen molar-refractivity contribution in [1.82, 2.24) is 10.2 Å². The third-order valence-corrected chi connectivity index (χ3v) is 3.08. The lowest BCUT2D eigenvalue weighted by Gasteiger charge is -2.08. The fourth-order valence-electron chi connectivity index (χ4n) is 1.97. The Balaban J connectivity index is 2.09. The van der Waals surface area contributed by atoms with Crippen LogP contribution in [0.2, 0.25) is 5.15 Å². The van der Waals surface area contributed by atoms with Gasteiger partial charge in [0, 0.05) is 17.5 Å². The zero-order valence-electron chi connectivity index (χ0n) is 10.6. The Morgan fingerprint density at radius 3 is 2.43 bits per heavy atom. The molecule has 0 unspecified atom stereocenters. The number of fused-ring (bicyclic) bond motifs is 1. The summed E-state index contributed by atoms with van der Waals surface area (Å²) in [6, 6.07) is 13.0. The summed E-state index contributed by atoms with van der Waals surface area (Å²) in [5.74, 6) is 0.728. The first-order chi connectivity index (χ1) is 10.1. The second-order valence-corrected chi connectivity index (χ2v) is 4.57. The molecule has 0 saturated carbocycles. The van der Waals surface area contributed by atoms with E-state index in [-0.39, 0.29) is 16.7 Å². The molecule has 1 aromatic heterocycles. The Labute approximate surface area is 124 Å². The zero-order valence-corrected chi connectivity index (χ0v) is 11.3. The van der Waals surface area contributed by atoms with E-state index >= 15 is 0 Å². The van der Waals surface area contributed by atoms with Gasteiger partial charge in [-0.3, -0.25) is 10.1 Å². The van der Waals surface area contributed by atoms with Gasteiger partial charge in [0.25, 0.3) is 5.69 Å². The van der Waals surface area contributed by atoms with Crippen molar-refractivity contribution in [2.24, 2.45) is 0 Å². The number of hydrogen-bond donors (Lipinski definition) is 0. The van der Waals surface area contributed by atoms with Crippen LogP contribution in [0.4, 0.5) is 5.69 Å². The Morgan fingerprint density at radius 2 is 1.76 bits per heavy atom. The van der Waals surface area contributed by atoms with Gasteiger partial charge in [-0.05, 0) is 18.2 Å². The molecule has 0 N–H and O–H groups in total. The van der Waals surface area contributed by atoms with E-state index in [1.54, 1.807) is 36.4 Å². The highest BCUT2D eigenvalue weighted by molar-refractivity contribution is 6.29. The molecule has 3 aromatic rings. The molecule has 0 aliphatic heterocycles. The molecule has 0 spiro atoms. The van der Waals surface area contributed by atoms with Crippen molar-refractivity contribution in [2.75, 3.05) is 0 Å². The Morgan fingerprint density at radius 1 is 1.00 bits per heavy atom. The molecule has 21 heavy (non-hydrogen) atoms. The van der Waals surface area contributed by atoms with Gasteiger partial charge in [-0.15, -0.1) is 10.2 Å². The fourth-order valence-corrected chi connectivity index (χ4v) is 2.08. The standard InChI is InChI=1S/C14H8ClN3O3/c15-13-7-8-14(17-16-13)21-12-6-5-11(18(19)20)9-3-1-2-4-10(9)12/h1-8H. The van der Waals surface area contributed by atoms with Crippen LogP contribution < -0.4 is 4.74 Å². The molecule has 0 aliphatic carbocycles. The minimum Gasteiger partial charge on any atom is -0.437 e. The van der Waals surface area contributed by atoms with Crippen molar-refractivity contribution < 1.29 is 9.66 Å². The summed E-state index contributed by atoms with van der Waals surface area (Å²) in [6.07, 6.45) is 0. The lowest BCUT2D eigenvalue weighted by molar-refractivity contribution is -0.383. The first-order valence-electron chi connectivity index (χ1n) is 5.98. The molecule has 0 aliphatic rings. The monoisotopic (exact) mass is 301 g/mol. The number of nitrogens with zero attached hydrogens (tertiary/aromatic N) is 3. The highest BCUT2D eigenvalue weighted by Crippen LogP contribution is 2.34. The van der Waals surface area contributed by atoms with Crippen LogP contribution >= 0.6 is 11.6 Å². The van der Waals surface area contributed by atoms with E-state index < -0.39 is 4.92 Å².